The molecule has 0 heterocycles. The topological polar surface area (TPSA) is 44.1 Å². The second-order valence-corrected chi connectivity index (χ2v) is 6.38. The minimum atomic E-state index is 0.329. The van der Waals surface area contributed by atoms with Gasteiger partial charge in [-0.05, 0) is 43.9 Å². The van der Waals surface area contributed by atoms with Crippen molar-refractivity contribution < 1.29 is 4.79 Å². The lowest BCUT2D eigenvalue weighted by Gasteiger charge is -2.34. The first-order chi connectivity index (χ1) is 9.20. The van der Waals surface area contributed by atoms with Gasteiger partial charge in [-0.3, -0.25) is 4.79 Å². The largest absolute Gasteiger partial charge is 0.343 e. The van der Waals surface area contributed by atoms with Gasteiger partial charge >= 0.3 is 0 Å². The van der Waals surface area contributed by atoms with Gasteiger partial charge in [-0.1, -0.05) is 19.3 Å². The molecule has 3 nitrogen and oxygen atoms in total. The molecule has 1 amide bonds. The van der Waals surface area contributed by atoms with Gasteiger partial charge in [0, 0.05) is 25.9 Å². The monoisotopic (exact) mass is 262 g/mol. The Morgan fingerprint density at radius 1 is 1.16 bits per heavy atom. The lowest BCUT2D eigenvalue weighted by atomic mass is 9.81. The van der Waals surface area contributed by atoms with E-state index in [1.54, 1.807) is 0 Å². The Kier molecular flexibility index (Phi) is 5.24. The molecule has 0 spiro atoms. The van der Waals surface area contributed by atoms with E-state index in [9.17, 15) is 4.79 Å². The molecule has 19 heavy (non-hydrogen) atoms. The van der Waals surface area contributed by atoms with Crippen LogP contribution in [0, 0.1) is 23.2 Å². The van der Waals surface area contributed by atoms with Crippen LogP contribution in [0.3, 0.4) is 0 Å². The maximum atomic E-state index is 12.2. The molecule has 0 saturated heterocycles. The van der Waals surface area contributed by atoms with E-state index in [0.29, 0.717) is 24.3 Å². The first-order valence-corrected chi connectivity index (χ1v) is 7.83. The summed E-state index contributed by atoms with van der Waals surface area (Å²) in [5.41, 5.74) is 0. The van der Waals surface area contributed by atoms with E-state index < -0.39 is 0 Å². The summed E-state index contributed by atoms with van der Waals surface area (Å²) in [6.45, 7) is 0. The number of amides is 1. The third kappa shape index (κ3) is 3.96. The molecule has 106 valence electrons. The molecule has 0 aromatic heterocycles. The van der Waals surface area contributed by atoms with Crippen LogP contribution in [0.1, 0.15) is 64.2 Å². The first kappa shape index (κ1) is 14.4. The van der Waals surface area contributed by atoms with Gasteiger partial charge in [-0.2, -0.15) is 5.26 Å². The molecule has 0 aliphatic heterocycles. The fraction of sp³-hybridized carbons (Fsp3) is 0.875. The molecular formula is C16H26N2O. The van der Waals surface area contributed by atoms with Crippen LogP contribution in [-0.4, -0.2) is 23.9 Å². The average Bonchev–Trinajstić information content (AvgIpc) is 2.37. The van der Waals surface area contributed by atoms with Crippen molar-refractivity contribution in [1.29, 1.82) is 5.26 Å². The fourth-order valence-corrected chi connectivity index (χ4v) is 3.35. The third-order valence-corrected chi connectivity index (χ3v) is 5.13. The first-order valence-electron chi connectivity index (χ1n) is 7.83. The zero-order valence-electron chi connectivity index (χ0n) is 12.1. The molecule has 0 aromatic rings. The highest BCUT2D eigenvalue weighted by Gasteiger charge is 2.27. The predicted molar refractivity (Wildman–Crippen MR) is 75.3 cm³/mol. The molecule has 0 bridgehead atoms. The molecule has 2 rings (SSSR count). The fourth-order valence-electron chi connectivity index (χ4n) is 3.35. The molecule has 2 saturated carbocycles. The second kappa shape index (κ2) is 6.93. The molecule has 0 radical (unpaired) electrons. The zero-order chi connectivity index (χ0) is 13.7. The Morgan fingerprint density at radius 3 is 2.37 bits per heavy atom. The lowest BCUT2D eigenvalue weighted by molar-refractivity contribution is -0.133. The molecule has 2 fully saturated rings. The van der Waals surface area contributed by atoms with Gasteiger partial charge in [0.05, 0.1) is 6.07 Å². The Bertz CT molecular complexity index is 335. The number of hydrogen-bond donors (Lipinski definition) is 0. The van der Waals surface area contributed by atoms with E-state index in [1.807, 2.05) is 11.9 Å². The van der Waals surface area contributed by atoms with Gasteiger partial charge in [0.1, 0.15) is 0 Å². The van der Waals surface area contributed by atoms with Crippen molar-refractivity contribution in [2.75, 3.05) is 7.05 Å². The number of nitriles is 1. The molecular weight excluding hydrogens is 236 g/mol. The van der Waals surface area contributed by atoms with Crippen molar-refractivity contribution in [3.05, 3.63) is 0 Å². The molecule has 0 unspecified atom stereocenters. The molecule has 2 aliphatic carbocycles. The quantitative estimate of drug-likeness (QED) is 0.761. The maximum Gasteiger partial charge on any atom is 0.222 e. The summed E-state index contributed by atoms with van der Waals surface area (Å²) in [4.78, 5) is 14.2. The van der Waals surface area contributed by atoms with E-state index >= 15 is 0 Å². The van der Waals surface area contributed by atoms with Crippen LogP contribution in [0.2, 0.25) is 0 Å². The van der Waals surface area contributed by atoms with Gasteiger partial charge in [0.25, 0.3) is 0 Å². The van der Waals surface area contributed by atoms with E-state index in [4.69, 9.17) is 5.26 Å². The minimum absolute atomic E-state index is 0.329. The van der Waals surface area contributed by atoms with Crippen molar-refractivity contribution in [2.45, 2.75) is 70.3 Å². The second-order valence-electron chi connectivity index (χ2n) is 6.38. The number of rotatable bonds is 5. The Balaban J connectivity index is 1.69. The van der Waals surface area contributed by atoms with Crippen LogP contribution in [0.5, 0.6) is 0 Å². The minimum Gasteiger partial charge on any atom is -0.343 e. The van der Waals surface area contributed by atoms with E-state index in [0.717, 1.165) is 44.4 Å². The number of hydrogen-bond acceptors (Lipinski definition) is 2. The normalized spacial score (nSPS) is 27.4. The van der Waals surface area contributed by atoms with Crippen molar-refractivity contribution in [3.63, 3.8) is 0 Å². The highest BCUT2D eigenvalue weighted by atomic mass is 16.2. The van der Waals surface area contributed by atoms with Gasteiger partial charge < -0.3 is 4.90 Å². The summed E-state index contributed by atoms with van der Waals surface area (Å²) in [6, 6.07) is 2.69. The zero-order valence-corrected chi connectivity index (χ0v) is 12.1. The number of carbonyl (C=O) groups is 1. The summed E-state index contributed by atoms with van der Waals surface area (Å²) >= 11 is 0. The van der Waals surface area contributed by atoms with Crippen LogP contribution in [-0.2, 0) is 4.79 Å². The van der Waals surface area contributed by atoms with E-state index in [2.05, 4.69) is 6.07 Å². The summed E-state index contributed by atoms with van der Waals surface area (Å²) < 4.78 is 0. The molecule has 0 aromatic carbocycles. The van der Waals surface area contributed by atoms with Crippen LogP contribution in [0.25, 0.3) is 0 Å². The summed E-state index contributed by atoms with van der Waals surface area (Å²) in [6.07, 6.45) is 10.9. The van der Waals surface area contributed by atoms with Crippen molar-refractivity contribution in [2.24, 2.45) is 11.8 Å². The van der Waals surface area contributed by atoms with Gasteiger partial charge in [0.2, 0.25) is 5.91 Å². The van der Waals surface area contributed by atoms with Crippen LogP contribution in [0.4, 0.5) is 0 Å². The van der Waals surface area contributed by atoms with E-state index in [-0.39, 0.29) is 0 Å². The Hall–Kier alpha value is -1.04. The van der Waals surface area contributed by atoms with Crippen molar-refractivity contribution >= 4 is 5.91 Å². The maximum absolute atomic E-state index is 12.2. The summed E-state index contributed by atoms with van der Waals surface area (Å²) in [5, 5.41) is 8.72. The Labute approximate surface area is 117 Å². The van der Waals surface area contributed by atoms with Crippen molar-refractivity contribution in [3.8, 4) is 6.07 Å². The van der Waals surface area contributed by atoms with E-state index in [1.165, 1.54) is 19.3 Å². The smallest absolute Gasteiger partial charge is 0.222 e. The standard InChI is InChI=1S/C16H26N2O/c1-18(16(19)10-7-13-3-2-4-13)15-8-5-14(6-9-15)11-12-17/h13-15H,2-11H2,1H3. The average molecular weight is 262 g/mol. The van der Waals surface area contributed by atoms with Crippen LogP contribution in [0.15, 0.2) is 0 Å². The number of carbonyl (C=O) groups excluding carboxylic acids is 1. The van der Waals surface area contributed by atoms with Gasteiger partial charge in [0.15, 0.2) is 0 Å². The molecule has 0 N–H and O–H groups in total. The SMILES string of the molecule is CN(C(=O)CCC1CCC1)C1CCC(CC#N)CC1. The van der Waals surface area contributed by atoms with Gasteiger partial charge in [-0.15, -0.1) is 0 Å². The highest BCUT2D eigenvalue weighted by molar-refractivity contribution is 5.76. The molecule has 3 heteroatoms. The highest BCUT2D eigenvalue weighted by Crippen LogP contribution is 2.32. The predicted octanol–water partition coefficient (Wildman–Crippen LogP) is 3.50. The van der Waals surface area contributed by atoms with Gasteiger partial charge in [-0.25, -0.2) is 0 Å². The van der Waals surface area contributed by atoms with Crippen LogP contribution < -0.4 is 0 Å². The number of nitrogens with zero attached hydrogens (tertiary/aromatic N) is 2. The summed E-state index contributed by atoms with van der Waals surface area (Å²) in [5.74, 6) is 1.72. The van der Waals surface area contributed by atoms with Crippen molar-refractivity contribution in [1.82, 2.24) is 4.90 Å². The lowest BCUT2D eigenvalue weighted by Crippen LogP contribution is -2.39. The molecule has 2 aliphatic rings. The Morgan fingerprint density at radius 2 is 1.84 bits per heavy atom. The third-order valence-electron chi connectivity index (χ3n) is 5.13. The molecule has 0 atom stereocenters. The van der Waals surface area contributed by atoms with Crippen LogP contribution >= 0.6 is 0 Å². The summed E-state index contributed by atoms with van der Waals surface area (Å²) in [7, 11) is 1.97.